The first kappa shape index (κ1) is 13.5. The van der Waals surface area contributed by atoms with Gasteiger partial charge in [0.05, 0.1) is 16.3 Å². The molecule has 1 aliphatic heterocycles. The van der Waals surface area contributed by atoms with Crippen LogP contribution in [0.1, 0.15) is 48.8 Å². The van der Waals surface area contributed by atoms with E-state index in [1.165, 1.54) is 0 Å². The molecule has 0 radical (unpaired) electrons. The Hall–Kier alpha value is -0.880. The van der Waals surface area contributed by atoms with Crippen molar-refractivity contribution in [2.75, 3.05) is 13.1 Å². The Morgan fingerprint density at radius 2 is 2.11 bits per heavy atom. The van der Waals surface area contributed by atoms with Crippen LogP contribution < -0.4 is 0 Å². The summed E-state index contributed by atoms with van der Waals surface area (Å²) in [4.78, 5) is 14.0. The second-order valence-corrected chi connectivity index (χ2v) is 5.77. The molecular weight excluding hydrogens is 298 g/mol. The number of likely N-dealkylation sites (tertiary alicyclic amines) is 1. The number of nitrogens with one attached hydrogen (secondary N) is 1. The van der Waals surface area contributed by atoms with Crippen LogP contribution in [0.25, 0.3) is 0 Å². The molecule has 0 aromatic carbocycles. The normalized spacial score (nSPS) is 17.5. The maximum Gasteiger partial charge on any atom is 0.275 e. The molecule has 0 bridgehead atoms. The van der Waals surface area contributed by atoms with Gasteiger partial charge >= 0.3 is 0 Å². The molecule has 0 saturated carbocycles. The third kappa shape index (κ3) is 2.59. The number of carbonyl (C=O) groups is 1. The van der Waals surface area contributed by atoms with Crippen molar-refractivity contribution in [3.05, 3.63) is 15.9 Å². The second-order valence-electron chi connectivity index (χ2n) is 4.98. The van der Waals surface area contributed by atoms with Crippen molar-refractivity contribution in [1.29, 1.82) is 0 Å². The number of aromatic amines is 1. The summed E-state index contributed by atoms with van der Waals surface area (Å²) in [6.45, 7) is 5.28. The number of aromatic nitrogens is 2. The van der Waals surface area contributed by atoms with Gasteiger partial charge in [0.1, 0.15) is 0 Å². The van der Waals surface area contributed by atoms with Gasteiger partial charge in [-0.1, -0.05) is 13.8 Å². The molecule has 1 aromatic rings. The number of aliphatic hydroxyl groups excluding tert-OH is 1. The van der Waals surface area contributed by atoms with Crippen molar-refractivity contribution < 1.29 is 9.90 Å². The predicted octanol–water partition coefficient (Wildman–Crippen LogP) is 1.89. The van der Waals surface area contributed by atoms with E-state index in [-0.39, 0.29) is 17.9 Å². The highest BCUT2D eigenvalue weighted by Crippen LogP contribution is 2.27. The number of halogens is 1. The van der Waals surface area contributed by atoms with Crippen molar-refractivity contribution in [3.8, 4) is 0 Å². The van der Waals surface area contributed by atoms with Crippen molar-refractivity contribution in [3.63, 3.8) is 0 Å². The maximum atomic E-state index is 12.3. The first-order valence-corrected chi connectivity index (χ1v) is 7.01. The van der Waals surface area contributed by atoms with Crippen LogP contribution in [0.2, 0.25) is 0 Å². The second kappa shape index (κ2) is 5.40. The molecular formula is C12H18BrN3O2. The van der Waals surface area contributed by atoms with Gasteiger partial charge in [-0.3, -0.25) is 9.89 Å². The Morgan fingerprint density at radius 1 is 1.50 bits per heavy atom. The zero-order chi connectivity index (χ0) is 13.3. The van der Waals surface area contributed by atoms with Crippen LogP contribution >= 0.6 is 15.9 Å². The topological polar surface area (TPSA) is 69.2 Å². The number of hydrogen-bond donors (Lipinski definition) is 2. The molecule has 100 valence electrons. The van der Waals surface area contributed by atoms with Crippen LogP contribution in [-0.2, 0) is 0 Å². The van der Waals surface area contributed by atoms with E-state index in [9.17, 15) is 9.90 Å². The number of H-pyrrole nitrogens is 1. The zero-order valence-corrected chi connectivity index (χ0v) is 12.2. The Morgan fingerprint density at radius 3 is 2.61 bits per heavy atom. The summed E-state index contributed by atoms with van der Waals surface area (Å²) in [5.74, 6) is 0.216. The molecule has 2 rings (SSSR count). The van der Waals surface area contributed by atoms with E-state index >= 15 is 0 Å². The molecule has 6 heteroatoms. The van der Waals surface area contributed by atoms with Gasteiger partial charge in [0, 0.05) is 13.1 Å². The number of carbonyl (C=O) groups excluding carboxylic acids is 1. The summed E-state index contributed by atoms with van der Waals surface area (Å²) in [5, 5.41) is 16.5. The van der Waals surface area contributed by atoms with Gasteiger partial charge in [-0.05, 0) is 34.7 Å². The maximum absolute atomic E-state index is 12.3. The molecule has 1 aromatic heterocycles. The molecule has 1 aliphatic rings. The first-order chi connectivity index (χ1) is 8.50. The van der Waals surface area contributed by atoms with E-state index in [0.29, 0.717) is 31.6 Å². The van der Waals surface area contributed by atoms with Crippen molar-refractivity contribution in [2.45, 2.75) is 38.7 Å². The van der Waals surface area contributed by atoms with Crippen LogP contribution in [0.15, 0.2) is 4.47 Å². The Bertz CT molecular complexity index is 437. The van der Waals surface area contributed by atoms with Gasteiger partial charge in [0.15, 0.2) is 5.69 Å². The number of rotatable bonds is 2. The van der Waals surface area contributed by atoms with Gasteiger partial charge in [0.2, 0.25) is 0 Å². The molecule has 0 atom stereocenters. The van der Waals surface area contributed by atoms with E-state index in [0.717, 1.165) is 10.2 Å². The smallest absolute Gasteiger partial charge is 0.275 e. The van der Waals surface area contributed by atoms with Crippen LogP contribution in [-0.4, -0.2) is 45.3 Å². The zero-order valence-electron chi connectivity index (χ0n) is 10.6. The van der Waals surface area contributed by atoms with Crippen LogP contribution in [0.5, 0.6) is 0 Å². The fourth-order valence-corrected chi connectivity index (χ4v) is 2.89. The summed E-state index contributed by atoms with van der Waals surface area (Å²) in [7, 11) is 0. The van der Waals surface area contributed by atoms with Crippen LogP contribution in [0, 0.1) is 0 Å². The molecule has 1 saturated heterocycles. The van der Waals surface area contributed by atoms with E-state index in [1.807, 2.05) is 13.8 Å². The summed E-state index contributed by atoms with van der Waals surface area (Å²) in [6, 6.07) is 0. The molecule has 1 amide bonds. The van der Waals surface area contributed by atoms with Gasteiger partial charge in [0.25, 0.3) is 5.91 Å². The molecule has 5 nitrogen and oxygen atoms in total. The molecule has 1 fully saturated rings. The number of nitrogens with zero attached hydrogens (tertiary/aromatic N) is 2. The minimum absolute atomic E-state index is 0.0723. The van der Waals surface area contributed by atoms with Crippen molar-refractivity contribution in [1.82, 2.24) is 15.1 Å². The molecule has 0 spiro atoms. The summed E-state index contributed by atoms with van der Waals surface area (Å²) >= 11 is 3.44. The quantitative estimate of drug-likeness (QED) is 0.875. The summed E-state index contributed by atoms with van der Waals surface area (Å²) < 4.78 is 0.758. The molecule has 2 N–H and O–H groups in total. The van der Waals surface area contributed by atoms with Gasteiger partial charge in [-0.25, -0.2) is 0 Å². The Kier molecular flexibility index (Phi) is 4.07. The number of aliphatic hydroxyl groups is 1. The van der Waals surface area contributed by atoms with E-state index in [1.54, 1.807) is 4.90 Å². The Labute approximate surface area is 115 Å². The monoisotopic (exact) mass is 315 g/mol. The van der Waals surface area contributed by atoms with Crippen molar-refractivity contribution in [2.24, 2.45) is 0 Å². The number of hydrogen-bond acceptors (Lipinski definition) is 3. The SMILES string of the molecule is CC(C)c1[nH]nc(C(=O)N2CCC(O)CC2)c1Br. The largest absolute Gasteiger partial charge is 0.393 e. The highest BCUT2D eigenvalue weighted by atomic mass is 79.9. The van der Waals surface area contributed by atoms with E-state index in [4.69, 9.17) is 0 Å². The third-order valence-corrected chi connectivity index (χ3v) is 4.07. The highest BCUT2D eigenvalue weighted by Gasteiger charge is 2.27. The lowest BCUT2D eigenvalue weighted by atomic mass is 10.1. The standard InChI is InChI=1S/C12H18BrN3O2/c1-7(2)10-9(13)11(15-14-10)12(18)16-5-3-8(17)4-6-16/h7-8,17H,3-6H2,1-2H3,(H,14,15). The lowest BCUT2D eigenvalue weighted by molar-refractivity contribution is 0.0540. The number of amides is 1. The van der Waals surface area contributed by atoms with Crippen molar-refractivity contribution >= 4 is 21.8 Å². The predicted molar refractivity (Wildman–Crippen MR) is 71.5 cm³/mol. The lowest BCUT2D eigenvalue weighted by Gasteiger charge is -2.29. The van der Waals surface area contributed by atoms with E-state index < -0.39 is 0 Å². The van der Waals surface area contributed by atoms with E-state index in [2.05, 4.69) is 26.1 Å². The summed E-state index contributed by atoms with van der Waals surface area (Å²) in [6.07, 6.45) is 1.01. The fourth-order valence-electron chi connectivity index (χ4n) is 2.08. The fraction of sp³-hybridized carbons (Fsp3) is 0.667. The van der Waals surface area contributed by atoms with Gasteiger partial charge in [-0.2, -0.15) is 5.10 Å². The van der Waals surface area contributed by atoms with Gasteiger partial charge in [-0.15, -0.1) is 0 Å². The average Bonchev–Trinajstić information content (AvgIpc) is 2.71. The molecule has 2 heterocycles. The number of piperidine rings is 1. The minimum Gasteiger partial charge on any atom is -0.393 e. The lowest BCUT2D eigenvalue weighted by Crippen LogP contribution is -2.40. The van der Waals surface area contributed by atoms with Crippen LogP contribution in [0.4, 0.5) is 0 Å². The van der Waals surface area contributed by atoms with Gasteiger partial charge < -0.3 is 10.0 Å². The third-order valence-electron chi connectivity index (χ3n) is 3.26. The first-order valence-electron chi connectivity index (χ1n) is 6.21. The molecule has 18 heavy (non-hydrogen) atoms. The van der Waals surface area contributed by atoms with Crippen LogP contribution in [0.3, 0.4) is 0 Å². The Balaban J connectivity index is 2.14. The molecule has 0 aliphatic carbocycles. The molecule has 0 unspecified atom stereocenters. The average molecular weight is 316 g/mol. The summed E-state index contributed by atoms with van der Waals surface area (Å²) in [5.41, 5.74) is 1.38. The highest BCUT2D eigenvalue weighted by molar-refractivity contribution is 9.10. The minimum atomic E-state index is -0.275.